The van der Waals surface area contributed by atoms with Crippen LogP contribution in [0.3, 0.4) is 0 Å². The smallest absolute Gasteiger partial charge is 0.253 e. The van der Waals surface area contributed by atoms with Crippen molar-refractivity contribution in [3.05, 3.63) is 47.5 Å². The summed E-state index contributed by atoms with van der Waals surface area (Å²) in [7, 11) is 0. The van der Waals surface area contributed by atoms with Gasteiger partial charge in [0, 0.05) is 30.8 Å². The van der Waals surface area contributed by atoms with Crippen LogP contribution in [0.15, 0.2) is 36.4 Å². The molecule has 3 aliphatic rings. The lowest BCUT2D eigenvalue weighted by Gasteiger charge is -2.36. The van der Waals surface area contributed by atoms with Gasteiger partial charge in [-0.1, -0.05) is 13.8 Å². The average Bonchev–Trinajstić information content (AvgIpc) is 3.58. The number of ether oxygens (including phenoxy) is 4. The second-order valence-electron chi connectivity index (χ2n) is 9.86. The Morgan fingerprint density at radius 2 is 1.43 bits per heavy atom. The molecule has 3 amide bonds. The quantitative estimate of drug-likeness (QED) is 0.590. The maximum atomic E-state index is 13.2. The van der Waals surface area contributed by atoms with Crippen LogP contribution >= 0.6 is 0 Å². The van der Waals surface area contributed by atoms with Gasteiger partial charge in [0.15, 0.2) is 23.0 Å². The fourth-order valence-electron chi connectivity index (χ4n) is 4.72. The van der Waals surface area contributed by atoms with E-state index in [0.717, 1.165) is 0 Å². The molecule has 37 heavy (non-hydrogen) atoms. The Morgan fingerprint density at radius 3 is 2.05 bits per heavy atom. The molecule has 2 aromatic rings. The Balaban J connectivity index is 1.25. The lowest BCUT2D eigenvalue weighted by Crippen LogP contribution is -2.54. The number of likely N-dealkylation sites (tertiary alicyclic amines) is 1. The van der Waals surface area contributed by atoms with E-state index in [0.29, 0.717) is 66.6 Å². The fourth-order valence-corrected chi connectivity index (χ4v) is 4.72. The maximum absolute atomic E-state index is 13.2. The van der Waals surface area contributed by atoms with Crippen molar-refractivity contribution in [2.45, 2.75) is 32.7 Å². The predicted molar refractivity (Wildman–Crippen MR) is 133 cm³/mol. The van der Waals surface area contributed by atoms with Crippen LogP contribution in [0.25, 0.3) is 0 Å². The minimum atomic E-state index is -0.723. The lowest BCUT2D eigenvalue weighted by atomic mass is 9.88. The molecule has 0 radical (unpaired) electrons. The molecule has 1 fully saturated rings. The summed E-state index contributed by atoms with van der Waals surface area (Å²) in [5, 5.41) is 5.90. The number of fused-ring (bicyclic) bond motifs is 2. The zero-order valence-electron chi connectivity index (χ0n) is 21.0. The Morgan fingerprint density at radius 1 is 0.865 bits per heavy atom. The number of hydrogen-bond donors (Lipinski definition) is 2. The van der Waals surface area contributed by atoms with Crippen molar-refractivity contribution >= 4 is 17.7 Å². The van der Waals surface area contributed by atoms with Crippen molar-refractivity contribution in [2.75, 3.05) is 33.2 Å². The van der Waals surface area contributed by atoms with E-state index in [1.165, 1.54) is 0 Å². The van der Waals surface area contributed by atoms with Gasteiger partial charge in [-0.25, -0.2) is 0 Å². The summed E-state index contributed by atoms with van der Waals surface area (Å²) < 4.78 is 21.4. The number of nitrogens with one attached hydrogen (secondary N) is 2. The molecule has 0 aromatic heterocycles. The first-order valence-corrected chi connectivity index (χ1v) is 12.6. The number of carbonyl (C=O) groups excluding carboxylic acids is 3. The van der Waals surface area contributed by atoms with Gasteiger partial charge in [-0.15, -0.1) is 0 Å². The Labute approximate surface area is 215 Å². The topological polar surface area (TPSA) is 115 Å². The van der Waals surface area contributed by atoms with Crippen molar-refractivity contribution in [3.8, 4) is 23.0 Å². The fraction of sp³-hybridized carbons (Fsp3) is 0.444. The van der Waals surface area contributed by atoms with Crippen molar-refractivity contribution in [1.29, 1.82) is 0 Å². The zero-order chi connectivity index (χ0) is 25.9. The first-order chi connectivity index (χ1) is 17.9. The highest BCUT2D eigenvalue weighted by Crippen LogP contribution is 2.34. The standard InChI is InChI=1S/C27H31N3O7/c1-16(2)13-28-26(32)24(29-25(31)18-3-5-20-22(11-18)36-14-34-20)17-7-9-30(10-8-17)27(33)19-4-6-21-23(12-19)37-15-35-21/h3-6,11-12,16-17,24H,7-10,13-15H2,1-2H3,(H,28,32)(H,29,31)/t24-/m0/s1. The molecule has 3 aliphatic heterocycles. The van der Waals surface area contributed by atoms with Gasteiger partial charge >= 0.3 is 0 Å². The van der Waals surface area contributed by atoms with Crippen LogP contribution in [-0.4, -0.2) is 61.9 Å². The molecule has 0 bridgehead atoms. The lowest BCUT2D eigenvalue weighted by molar-refractivity contribution is -0.124. The van der Waals surface area contributed by atoms with Crippen molar-refractivity contribution in [2.24, 2.45) is 11.8 Å². The second-order valence-corrected chi connectivity index (χ2v) is 9.86. The largest absolute Gasteiger partial charge is 0.454 e. The minimum absolute atomic E-state index is 0.0954. The number of benzene rings is 2. The molecule has 0 aliphatic carbocycles. The summed E-state index contributed by atoms with van der Waals surface area (Å²) >= 11 is 0. The number of nitrogens with zero attached hydrogens (tertiary/aromatic N) is 1. The molecule has 3 heterocycles. The van der Waals surface area contributed by atoms with Crippen LogP contribution in [0.4, 0.5) is 0 Å². The summed E-state index contributed by atoms with van der Waals surface area (Å²) in [6.45, 7) is 5.76. The molecular formula is C27H31N3O7. The molecule has 0 spiro atoms. The average molecular weight is 510 g/mol. The third kappa shape index (κ3) is 5.42. The molecule has 5 rings (SSSR count). The summed E-state index contributed by atoms with van der Waals surface area (Å²) in [5.41, 5.74) is 0.923. The highest BCUT2D eigenvalue weighted by Gasteiger charge is 2.34. The maximum Gasteiger partial charge on any atom is 0.253 e. The summed E-state index contributed by atoms with van der Waals surface area (Å²) in [5.74, 6) is 1.76. The monoisotopic (exact) mass is 509 g/mol. The van der Waals surface area contributed by atoms with Crippen LogP contribution in [0.2, 0.25) is 0 Å². The van der Waals surface area contributed by atoms with E-state index in [2.05, 4.69) is 10.6 Å². The number of amides is 3. The van der Waals surface area contributed by atoms with Gasteiger partial charge in [-0.2, -0.15) is 0 Å². The molecular weight excluding hydrogens is 478 g/mol. The van der Waals surface area contributed by atoms with E-state index in [9.17, 15) is 14.4 Å². The van der Waals surface area contributed by atoms with Crippen molar-refractivity contribution in [3.63, 3.8) is 0 Å². The normalized spacial score (nSPS) is 17.0. The van der Waals surface area contributed by atoms with Gasteiger partial charge in [0.05, 0.1) is 0 Å². The molecule has 0 saturated carbocycles. The molecule has 10 heteroatoms. The molecule has 1 atom stereocenters. The number of hydrogen-bond acceptors (Lipinski definition) is 7. The Bertz CT molecular complexity index is 1190. The highest BCUT2D eigenvalue weighted by molar-refractivity contribution is 5.98. The Kier molecular flexibility index (Phi) is 7.07. The molecule has 196 valence electrons. The van der Waals surface area contributed by atoms with E-state index in [4.69, 9.17) is 18.9 Å². The molecule has 1 saturated heterocycles. The molecule has 0 unspecified atom stereocenters. The van der Waals surface area contributed by atoms with Crippen LogP contribution in [0, 0.1) is 11.8 Å². The van der Waals surface area contributed by atoms with Crippen molar-refractivity contribution < 1.29 is 33.3 Å². The van der Waals surface area contributed by atoms with E-state index in [-0.39, 0.29) is 43.1 Å². The van der Waals surface area contributed by atoms with E-state index in [1.54, 1.807) is 41.3 Å². The summed E-state index contributed by atoms with van der Waals surface area (Å²) in [6, 6.07) is 9.40. The van der Waals surface area contributed by atoms with Crippen molar-refractivity contribution in [1.82, 2.24) is 15.5 Å². The van der Waals surface area contributed by atoms with Crippen LogP contribution < -0.4 is 29.6 Å². The first-order valence-electron chi connectivity index (χ1n) is 12.6. The van der Waals surface area contributed by atoms with E-state index < -0.39 is 6.04 Å². The van der Waals surface area contributed by atoms with E-state index >= 15 is 0 Å². The summed E-state index contributed by atoms with van der Waals surface area (Å²) in [6.07, 6.45) is 1.16. The molecule has 2 aromatic carbocycles. The predicted octanol–water partition coefficient (Wildman–Crippen LogP) is 2.57. The molecule has 2 N–H and O–H groups in total. The number of rotatable bonds is 7. The molecule has 10 nitrogen and oxygen atoms in total. The van der Waals surface area contributed by atoms with Gasteiger partial charge in [0.25, 0.3) is 11.8 Å². The van der Waals surface area contributed by atoms with Gasteiger partial charge in [0.2, 0.25) is 19.5 Å². The summed E-state index contributed by atoms with van der Waals surface area (Å²) in [4.78, 5) is 41.2. The van der Waals surface area contributed by atoms with Crippen LogP contribution in [0.5, 0.6) is 23.0 Å². The third-order valence-corrected chi connectivity index (χ3v) is 6.81. The SMILES string of the molecule is CC(C)CNC(=O)[C@@H](NC(=O)c1ccc2c(c1)OCO2)C1CCN(C(=O)c2ccc3c(c2)OCO3)CC1. The number of piperidine rings is 1. The van der Waals surface area contributed by atoms with Crippen LogP contribution in [0.1, 0.15) is 47.4 Å². The Hall–Kier alpha value is -3.95. The minimum Gasteiger partial charge on any atom is -0.454 e. The third-order valence-electron chi connectivity index (χ3n) is 6.81. The van der Waals surface area contributed by atoms with Gasteiger partial charge < -0.3 is 34.5 Å². The van der Waals surface area contributed by atoms with E-state index in [1.807, 2.05) is 13.8 Å². The van der Waals surface area contributed by atoms with Gasteiger partial charge in [0.1, 0.15) is 6.04 Å². The zero-order valence-corrected chi connectivity index (χ0v) is 21.0. The van der Waals surface area contributed by atoms with Gasteiger partial charge in [-0.3, -0.25) is 14.4 Å². The second kappa shape index (κ2) is 10.6. The van der Waals surface area contributed by atoms with Gasteiger partial charge in [-0.05, 0) is 61.1 Å². The van der Waals surface area contributed by atoms with Crippen LogP contribution in [-0.2, 0) is 4.79 Å². The first kappa shape index (κ1) is 24.7. The highest BCUT2D eigenvalue weighted by atomic mass is 16.7. The number of carbonyl (C=O) groups is 3.